The third-order valence-electron chi connectivity index (χ3n) is 4.20. The number of nitrogens with zero attached hydrogens (tertiary/aromatic N) is 1. The van der Waals surface area contributed by atoms with Crippen molar-refractivity contribution in [2.45, 2.75) is 58.5 Å². The number of nitrogens with one attached hydrogen (secondary N) is 1. The zero-order valence-corrected chi connectivity index (χ0v) is 10.9. The Kier molecular flexibility index (Phi) is 5.62. The second kappa shape index (κ2) is 6.49. The second-order valence-corrected chi connectivity index (χ2v) is 4.93. The molecule has 1 aliphatic rings. The molecular weight excluding hydrogens is 184 g/mol. The Morgan fingerprint density at radius 3 is 2.27 bits per heavy atom. The van der Waals surface area contributed by atoms with Gasteiger partial charge in [-0.25, -0.2) is 0 Å². The normalized spacial score (nSPS) is 24.0. The standard InChI is InChI=1S/C13H28N2/c1-5-12-7-9-15(10-8-12)11(3)13(6-2)14-4/h11-14H,5-10H2,1-4H3. The van der Waals surface area contributed by atoms with Crippen LogP contribution in [0.5, 0.6) is 0 Å². The Balaban J connectivity index is 2.38. The molecule has 0 bridgehead atoms. The zero-order chi connectivity index (χ0) is 11.3. The highest BCUT2D eigenvalue weighted by Crippen LogP contribution is 2.22. The number of rotatable bonds is 5. The Bertz CT molecular complexity index is 158. The summed E-state index contributed by atoms with van der Waals surface area (Å²) in [6.07, 6.45) is 5.40. The van der Waals surface area contributed by atoms with Gasteiger partial charge in [0.05, 0.1) is 0 Å². The van der Waals surface area contributed by atoms with Crippen LogP contribution in [0.4, 0.5) is 0 Å². The van der Waals surface area contributed by atoms with Crippen molar-refractivity contribution in [3.05, 3.63) is 0 Å². The largest absolute Gasteiger partial charge is 0.315 e. The van der Waals surface area contributed by atoms with Crippen molar-refractivity contribution in [3.63, 3.8) is 0 Å². The molecular formula is C13H28N2. The molecule has 0 aromatic rings. The molecule has 0 spiro atoms. The fraction of sp³-hybridized carbons (Fsp3) is 1.00. The van der Waals surface area contributed by atoms with Crippen LogP contribution in [-0.4, -0.2) is 37.1 Å². The Hall–Kier alpha value is -0.0800. The van der Waals surface area contributed by atoms with Crippen molar-refractivity contribution in [2.75, 3.05) is 20.1 Å². The van der Waals surface area contributed by atoms with Crippen molar-refractivity contribution in [3.8, 4) is 0 Å². The van der Waals surface area contributed by atoms with Gasteiger partial charge in [0, 0.05) is 12.1 Å². The Labute approximate surface area is 95.4 Å². The highest BCUT2D eigenvalue weighted by Gasteiger charge is 2.25. The minimum atomic E-state index is 0.656. The quantitative estimate of drug-likeness (QED) is 0.753. The summed E-state index contributed by atoms with van der Waals surface area (Å²) in [7, 11) is 2.09. The molecule has 0 aromatic heterocycles. The molecule has 2 atom stereocenters. The van der Waals surface area contributed by atoms with Gasteiger partial charge < -0.3 is 5.32 Å². The summed E-state index contributed by atoms with van der Waals surface area (Å²) >= 11 is 0. The van der Waals surface area contributed by atoms with E-state index in [9.17, 15) is 0 Å². The highest BCUT2D eigenvalue weighted by atomic mass is 15.2. The maximum atomic E-state index is 3.43. The van der Waals surface area contributed by atoms with E-state index in [0.717, 1.165) is 5.92 Å². The van der Waals surface area contributed by atoms with Gasteiger partial charge in [-0.15, -0.1) is 0 Å². The van der Waals surface area contributed by atoms with E-state index in [4.69, 9.17) is 0 Å². The molecule has 0 saturated carbocycles. The first-order chi connectivity index (χ1) is 7.22. The molecule has 0 aliphatic carbocycles. The first-order valence-corrected chi connectivity index (χ1v) is 6.64. The second-order valence-electron chi connectivity index (χ2n) is 4.93. The van der Waals surface area contributed by atoms with E-state index in [1.807, 2.05) is 0 Å². The van der Waals surface area contributed by atoms with Crippen molar-refractivity contribution >= 4 is 0 Å². The smallest absolute Gasteiger partial charge is 0.0220 e. The molecule has 1 fully saturated rings. The first kappa shape index (κ1) is 13.0. The van der Waals surface area contributed by atoms with Gasteiger partial charge in [0.25, 0.3) is 0 Å². The van der Waals surface area contributed by atoms with Crippen molar-refractivity contribution in [2.24, 2.45) is 5.92 Å². The van der Waals surface area contributed by atoms with Crippen LogP contribution in [0.25, 0.3) is 0 Å². The summed E-state index contributed by atoms with van der Waals surface area (Å²) in [5.74, 6) is 0.989. The summed E-state index contributed by atoms with van der Waals surface area (Å²) < 4.78 is 0. The van der Waals surface area contributed by atoms with Gasteiger partial charge in [-0.05, 0) is 52.2 Å². The fourth-order valence-electron chi connectivity index (χ4n) is 2.81. The molecule has 0 amide bonds. The van der Waals surface area contributed by atoms with Gasteiger partial charge in [-0.3, -0.25) is 4.90 Å². The molecule has 1 N–H and O–H groups in total. The maximum absolute atomic E-state index is 3.43. The van der Waals surface area contributed by atoms with Crippen LogP contribution in [0.1, 0.15) is 46.5 Å². The monoisotopic (exact) mass is 212 g/mol. The van der Waals surface area contributed by atoms with Crippen molar-refractivity contribution < 1.29 is 0 Å². The summed E-state index contributed by atoms with van der Waals surface area (Å²) in [6.45, 7) is 9.58. The predicted molar refractivity (Wildman–Crippen MR) is 67.2 cm³/mol. The minimum Gasteiger partial charge on any atom is -0.315 e. The van der Waals surface area contributed by atoms with Gasteiger partial charge in [-0.2, -0.15) is 0 Å². The SMILES string of the molecule is CCC1CCN(C(C)C(CC)NC)CC1. The van der Waals surface area contributed by atoms with Crippen LogP contribution < -0.4 is 5.32 Å². The summed E-state index contributed by atoms with van der Waals surface area (Å²) in [5.41, 5.74) is 0. The molecule has 90 valence electrons. The number of hydrogen-bond acceptors (Lipinski definition) is 2. The Morgan fingerprint density at radius 2 is 1.87 bits per heavy atom. The number of likely N-dealkylation sites (N-methyl/N-ethyl adjacent to an activating group) is 1. The lowest BCUT2D eigenvalue weighted by Gasteiger charge is -2.39. The Morgan fingerprint density at radius 1 is 1.27 bits per heavy atom. The molecule has 2 nitrogen and oxygen atoms in total. The van der Waals surface area contributed by atoms with Gasteiger partial charge >= 0.3 is 0 Å². The molecule has 0 radical (unpaired) electrons. The van der Waals surface area contributed by atoms with Crippen LogP contribution in [0.15, 0.2) is 0 Å². The minimum absolute atomic E-state index is 0.656. The number of likely N-dealkylation sites (tertiary alicyclic amines) is 1. The molecule has 0 aromatic carbocycles. The van der Waals surface area contributed by atoms with Crippen LogP contribution >= 0.6 is 0 Å². The molecule has 15 heavy (non-hydrogen) atoms. The zero-order valence-electron chi connectivity index (χ0n) is 10.9. The van der Waals surface area contributed by atoms with Gasteiger partial charge in [-0.1, -0.05) is 20.3 Å². The predicted octanol–water partition coefficient (Wildman–Crippen LogP) is 2.49. The highest BCUT2D eigenvalue weighted by molar-refractivity contribution is 4.82. The molecule has 1 rings (SSSR count). The van der Waals surface area contributed by atoms with E-state index in [0.29, 0.717) is 12.1 Å². The van der Waals surface area contributed by atoms with E-state index in [-0.39, 0.29) is 0 Å². The number of piperidine rings is 1. The van der Waals surface area contributed by atoms with Crippen molar-refractivity contribution in [1.29, 1.82) is 0 Å². The van der Waals surface area contributed by atoms with Crippen LogP contribution in [0, 0.1) is 5.92 Å². The summed E-state index contributed by atoms with van der Waals surface area (Å²) in [4.78, 5) is 2.66. The summed E-state index contributed by atoms with van der Waals surface area (Å²) in [6, 6.07) is 1.35. The van der Waals surface area contributed by atoms with Gasteiger partial charge in [0.2, 0.25) is 0 Å². The molecule has 1 heterocycles. The molecule has 1 aliphatic heterocycles. The third kappa shape index (κ3) is 3.46. The van der Waals surface area contributed by atoms with E-state index in [1.165, 1.54) is 38.8 Å². The van der Waals surface area contributed by atoms with E-state index in [2.05, 4.69) is 38.0 Å². The van der Waals surface area contributed by atoms with Crippen LogP contribution in [-0.2, 0) is 0 Å². The lowest BCUT2D eigenvalue weighted by Crippen LogP contribution is -2.49. The van der Waals surface area contributed by atoms with E-state index in [1.54, 1.807) is 0 Å². The van der Waals surface area contributed by atoms with Gasteiger partial charge in [0.1, 0.15) is 0 Å². The first-order valence-electron chi connectivity index (χ1n) is 6.64. The number of hydrogen-bond donors (Lipinski definition) is 1. The van der Waals surface area contributed by atoms with E-state index >= 15 is 0 Å². The molecule has 1 saturated heterocycles. The summed E-state index contributed by atoms with van der Waals surface area (Å²) in [5, 5.41) is 3.43. The van der Waals surface area contributed by atoms with E-state index < -0.39 is 0 Å². The maximum Gasteiger partial charge on any atom is 0.0220 e. The van der Waals surface area contributed by atoms with Crippen LogP contribution in [0.3, 0.4) is 0 Å². The van der Waals surface area contributed by atoms with Gasteiger partial charge in [0.15, 0.2) is 0 Å². The molecule has 2 heteroatoms. The molecule has 2 unspecified atom stereocenters. The lowest BCUT2D eigenvalue weighted by molar-refractivity contribution is 0.115. The fourth-order valence-corrected chi connectivity index (χ4v) is 2.81. The average molecular weight is 212 g/mol. The third-order valence-corrected chi connectivity index (χ3v) is 4.20. The van der Waals surface area contributed by atoms with Crippen molar-refractivity contribution in [1.82, 2.24) is 10.2 Å². The van der Waals surface area contributed by atoms with Crippen LogP contribution in [0.2, 0.25) is 0 Å². The average Bonchev–Trinajstić information content (AvgIpc) is 2.30. The lowest BCUT2D eigenvalue weighted by atomic mass is 9.92. The topological polar surface area (TPSA) is 15.3 Å².